The highest BCUT2D eigenvalue weighted by Crippen LogP contribution is 2.29. The average molecular weight is 404 g/mol. The topological polar surface area (TPSA) is 126 Å². The number of rotatable bonds is 8. The minimum absolute atomic E-state index is 0.0999. The lowest BCUT2D eigenvalue weighted by atomic mass is 10.2. The Morgan fingerprint density at radius 1 is 1.00 bits per heavy atom. The maximum absolute atomic E-state index is 12.4. The van der Waals surface area contributed by atoms with Gasteiger partial charge in [-0.3, -0.25) is 14.9 Å². The van der Waals surface area contributed by atoms with Crippen LogP contribution in [0.15, 0.2) is 36.4 Å². The summed E-state index contributed by atoms with van der Waals surface area (Å²) in [6.45, 7) is 1.39. The van der Waals surface area contributed by atoms with E-state index in [1.165, 1.54) is 58.6 Å². The highest BCUT2D eigenvalue weighted by atomic mass is 16.6. The third-order valence-electron chi connectivity index (χ3n) is 3.94. The number of carbonyl (C=O) groups excluding carboxylic acids is 2. The van der Waals surface area contributed by atoms with Crippen LogP contribution in [0.3, 0.4) is 0 Å². The molecule has 10 nitrogen and oxygen atoms in total. The van der Waals surface area contributed by atoms with Crippen LogP contribution in [-0.2, 0) is 9.53 Å². The summed E-state index contributed by atoms with van der Waals surface area (Å²) < 4.78 is 20.5. The molecule has 0 bridgehead atoms. The van der Waals surface area contributed by atoms with Crippen molar-refractivity contribution < 1.29 is 33.5 Å². The summed E-state index contributed by atoms with van der Waals surface area (Å²) in [6, 6.07) is 8.26. The van der Waals surface area contributed by atoms with E-state index in [0.29, 0.717) is 5.75 Å². The average Bonchev–Trinajstić information content (AvgIpc) is 2.72. The molecule has 0 aliphatic rings. The molecule has 0 heterocycles. The van der Waals surface area contributed by atoms with Gasteiger partial charge in [0.1, 0.15) is 22.8 Å². The van der Waals surface area contributed by atoms with E-state index in [1.54, 1.807) is 6.07 Å². The molecular weight excluding hydrogens is 384 g/mol. The number of hydrogen-bond donors (Lipinski definition) is 1. The number of nitro groups is 1. The lowest BCUT2D eigenvalue weighted by Gasteiger charge is -2.16. The zero-order valence-corrected chi connectivity index (χ0v) is 16.3. The second-order valence-electron chi connectivity index (χ2n) is 5.74. The predicted octanol–water partition coefficient (Wildman–Crippen LogP) is 2.80. The standard InChI is InChI=1S/C19H20N2O8/c1-11(29-19(23)14-7-6-13(26-2)10-16(14)27-3)18(22)20-15-8-5-12(21(24)25)9-17(15)28-4/h5-11H,1-4H3,(H,20,22)/t11-/m0/s1. The molecule has 0 fully saturated rings. The van der Waals surface area contributed by atoms with Crippen molar-refractivity contribution in [2.24, 2.45) is 0 Å². The van der Waals surface area contributed by atoms with E-state index in [1.807, 2.05) is 0 Å². The Balaban J connectivity index is 2.11. The van der Waals surface area contributed by atoms with E-state index >= 15 is 0 Å². The van der Waals surface area contributed by atoms with Crippen molar-refractivity contribution in [3.8, 4) is 17.2 Å². The summed E-state index contributed by atoms with van der Waals surface area (Å²) in [5, 5.41) is 13.4. The van der Waals surface area contributed by atoms with Crippen LogP contribution in [0.1, 0.15) is 17.3 Å². The van der Waals surface area contributed by atoms with E-state index in [2.05, 4.69) is 5.32 Å². The Labute approximate surface area is 166 Å². The first-order valence-corrected chi connectivity index (χ1v) is 8.37. The van der Waals surface area contributed by atoms with Gasteiger partial charge in [-0.15, -0.1) is 0 Å². The molecule has 0 saturated heterocycles. The molecular formula is C19H20N2O8. The van der Waals surface area contributed by atoms with E-state index in [-0.39, 0.29) is 28.4 Å². The van der Waals surface area contributed by atoms with Gasteiger partial charge in [-0.1, -0.05) is 0 Å². The minimum Gasteiger partial charge on any atom is -0.497 e. The molecule has 2 rings (SSSR count). The molecule has 10 heteroatoms. The molecule has 2 aromatic carbocycles. The van der Waals surface area contributed by atoms with Gasteiger partial charge in [-0.2, -0.15) is 0 Å². The minimum atomic E-state index is -1.16. The fourth-order valence-corrected chi connectivity index (χ4v) is 2.38. The normalized spacial score (nSPS) is 11.2. The van der Waals surface area contributed by atoms with E-state index in [0.717, 1.165) is 0 Å². The number of esters is 1. The molecule has 0 radical (unpaired) electrons. The van der Waals surface area contributed by atoms with Crippen LogP contribution in [0.5, 0.6) is 17.2 Å². The van der Waals surface area contributed by atoms with Crippen molar-refractivity contribution in [2.75, 3.05) is 26.6 Å². The number of nitrogens with one attached hydrogen (secondary N) is 1. The highest BCUT2D eigenvalue weighted by molar-refractivity contribution is 5.99. The monoisotopic (exact) mass is 404 g/mol. The zero-order valence-electron chi connectivity index (χ0n) is 16.3. The molecule has 0 aliphatic heterocycles. The second kappa shape index (κ2) is 9.40. The van der Waals surface area contributed by atoms with Gasteiger partial charge in [0.2, 0.25) is 0 Å². The molecule has 0 aromatic heterocycles. The number of methoxy groups -OCH3 is 3. The third-order valence-corrected chi connectivity index (χ3v) is 3.94. The Morgan fingerprint density at radius 3 is 2.28 bits per heavy atom. The van der Waals surface area contributed by atoms with E-state index < -0.39 is 22.9 Å². The summed E-state index contributed by atoms with van der Waals surface area (Å²) in [5.74, 6) is -0.572. The molecule has 0 unspecified atom stereocenters. The number of anilines is 1. The van der Waals surface area contributed by atoms with Crippen LogP contribution >= 0.6 is 0 Å². The van der Waals surface area contributed by atoms with Crippen molar-refractivity contribution in [2.45, 2.75) is 13.0 Å². The fraction of sp³-hybridized carbons (Fsp3) is 0.263. The summed E-state index contributed by atoms with van der Waals surface area (Å²) in [5.41, 5.74) is 0.139. The third kappa shape index (κ3) is 5.12. The Morgan fingerprint density at radius 2 is 1.69 bits per heavy atom. The molecule has 0 aliphatic carbocycles. The first kappa shape index (κ1) is 21.5. The van der Waals surface area contributed by atoms with Crippen molar-refractivity contribution in [3.63, 3.8) is 0 Å². The van der Waals surface area contributed by atoms with Crippen molar-refractivity contribution in [1.82, 2.24) is 0 Å². The van der Waals surface area contributed by atoms with Crippen LogP contribution in [0.25, 0.3) is 0 Å². The van der Waals surface area contributed by atoms with Crippen LogP contribution in [0.2, 0.25) is 0 Å². The lowest BCUT2D eigenvalue weighted by Crippen LogP contribution is -2.30. The number of nitro benzene ring substituents is 1. The van der Waals surface area contributed by atoms with E-state index in [9.17, 15) is 19.7 Å². The number of ether oxygens (including phenoxy) is 4. The van der Waals surface area contributed by atoms with Crippen molar-refractivity contribution in [3.05, 3.63) is 52.1 Å². The first-order valence-electron chi connectivity index (χ1n) is 8.37. The van der Waals surface area contributed by atoms with Crippen LogP contribution in [0, 0.1) is 10.1 Å². The zero-order chi connectivity index (χ0) is 21.6. The predicted molar refractivity (Wildman–Crippen MR) is 103 cm³/mol. The van der Waals surface area contributed by atoms with Crippen LogP contribution in [-0.4, -0.2) is 44.2 Å². The summed E-state index contributed by atoms with van der Waals surface area (Å²) in [4.78, 5) is 35.1. The second-order valence-corrected chi connectivity index (χ2v) is 5.74. The number of non-ortho nitro benzene ring substituents is 1. The molecule has 1 N–H and O–H groups in total. The summed E-state index contributed by atoms with van der Waals surface area (Å²) in [6.07, 6.45) is -1.16. The van der Waals surface area contributed by atoms with Crippen molar-refractivity contribution in [1.29, 1.82) is 0 Å². The molecule has 2 aromatic rings. The largest absolute Gasteiger partial charge is 0.497 e. The molecule has 1 amide bonds. The number of hydrogen-bond acceptors (Lipinski definition) is 8. The van der Waals surface area contributed by atoms with Crippen LogP contribution in [0.4, 0.5) is 11.4 Å². The highest BCUT2D eigenvalue weighted by Gasteiger charge is 2.23. The first-order chi connectivity index (χ1) is 13.8. The fourth-order valence-electron chi connectivity index (χ4n) is 2.38. The summed E-state index contributed by atoms with van der Waals surface area (Å²) >= 11 is 0. The van der Waals surface area contributed by atoms with Gasteiger partial charge in [0.15, 0.2) is 6.10 Å². The number of amides is 1. The Kier molecular flexibility index (Phi) is 6.96. The maximum Gasteiger partial charge on any atom is 0.342 e. The lowest BCUT2D eigenvalue weighted by molar-refractivity contribution is -0.384. The molecule has 1 atom stereocenters. The molecule has 29 heavy (non-hydrogen) atoms. The van der Waals surface area contributed by atoms with Crippen LogP contribution < -0.4 is 19.5 Å². The Bertz CT molecular complexity index is 928. The van der Waals surface area contributed by atoms with Gasteiger partial charge in [-0.25, -0.2) is 4.79 Å². The van der Waals surface area contributed by atoms with Gasteiger partial charge in [-0.05, 0) is 25.1 Å². The van der Waals surface area contributed by atoms with E-state index in [4.69, 9.17) is 18.9 Å². The number of carbonyl (C=O) groups is 2. The Hall–Kier alpha value is -3.82. The van der Waals surface area contributed by atoms with Gasteiger partial charge in [0, 0.05) is 12.1 Å². The molecule has 154 valence electrons. The van der Waals surface area contributed by atoms with Gasteiger partial charge < -0.3 is 24.3 Å². The molecule has 0 spiro atoms. The smallest absolute Gasteiger partial charge is 0.342 e. The maximum atomic E-state index is 12.4. The summed E-state index contributed by atoms with van der Waals surface area (Å²) in [7, 11) is 4.18. The van der Waals surface area contributed by atoms with Gasteiger partial charge in [0.05, 0.1) is 38.0 Å². The quantitative estimate of drug-likeness (QED) is 0.404. The SMILES string of the molecule is COc1ccc(C(=O)O[C@@H](C)C(=O)Nc2ccc([N+](=O)[O-])cc2OC)c(OC)c1. The number of benzene rings is 2. The van der Waals surface area contributed by atoms with Crippen molar-refractivity contribution >= 4 is 23.3 Å². The van der Waals surface area contributed by atoms with Gasteiger partial charge >= 0.3 is 5.97 Å². The van der Waals surface area contributed by atoms with Gasteiger partial charge in [0.25, 0.3) is 11.6 Å². The molecule has 0 saturated carbocycles. The number of nitrogens with zero attached hydrogens (tertiary/aromatic N) is 1.